The number of nitrogens with one attached hydrogen (secondary N) is 2. The second kappa shape index (κ2) is 12.3. The Kier molecular flexibility index (Phi) is 8.90. The molecule has 8 heteroatoms. The number of alkyl carbamates (subject to hydrolysis) is 1. The van der Waals surface area contributed by atoms with E-state index in [9.17, 15) is 19.5 Å². The lowest BCUT2D eigenvalue weighted by Crippen LogP contribution is -2.58. The van der Waals surface area contributed by atoms with Crippen molar-refractivity contribution in [2.75, 3.05) is 20.2 Å². The highest BCUT2D eigenvalue weighted by Crippen LogP contribution is 2.44. The molecule has 0 saturated carbocycles. The number of rotatable bonds is 10. The van der Waals surface area contributed by atoms with Crippen molar-refractivity contribution in [3.05, 3.63) is 95.6 Å². The summed E-state index contributed by atoms with van der Waals surface area (Å²) in [5.41, 5.74) is 4.72. The van der Waals surface area contributed by atoms with E-state index in [4.69, 9.17) is 4.74 Å². The number of nitrogens with zero attached hydrogens (tertiary/aromatic N) is 1. The van der Waals surface area contributed by atoms with E-state index < -0.39 is 35.5 Å². The van der Waals surface area contributed by atoms with Crippen LogP contribution in [0.4, 0.5) is 4.79 Å². The number of ether oxygens (including phenoxy) is 1. The van der Waals surface area contributed by atoms with E-state index in [1.54, 1.807) is 20.8 Å². The largest absolute Gasteiger partial charge is 0.480 e. The molecule has 0 aromatic heterocycles. The number of likely N-dealkylation sites (N-methyl/N-ethyl adjacent to an activating group) is 1. The summed E-state index contributed by atoms with van der Waals surface area (Å²) in [6.07, 6.45) is -0.738. The van der Waals surface area contributed by atoms with Gasteiger partial charge in [0, 0.05) is 19.0 Å². The molecule has 0 heterocycles. The predicted octanol–water partition coefficient (Wildman–Crippen LogP) is 4.64. The highest BCUT2D eigenvalue weighted by molar-refractivity contribution is 5.89. The van der Waals surface area contributed by atoms with Gasteiger partial charge in [0.2, 0.25) is 5.91 Å². The van der Waals surface area contributed by atoms with Crippen LogP contribution in [0.3, 0.4) is 0 Å². The van der Waals surface area contributed by atoms with Crippen LogP contribution in [0.1, 0.15) is 43.4 Å². The number of aliphatic carboxylic acids is 1. The molecule has 0 aliphatic heterocycles. The number of carbonyl (C=O) groups excluding carboxylic acids is 2. The number of benzene rings is 3. The van der Waals surface area contributed by atoms with Crippen LogP contribution in [-0.2, 0) is 20.9 Å². The lowest BCUT2D eigenvalue weighted by atomic mass is 9.86. The number of hydrogen-bond acceptors (Lipinski definition) is 5. The van der Waals surface area contributed by atoms with Gasteiger partial charge in [0.25, 0.3) is 0 Å². The van der Waals surface area contributed by atoms with Gasteiger partial charge >= 0.3 is 12.1 Å². The first-order valence-corrected chi connectivity index (χ1v) is 13.4. The van der Waals surface area contributed by atoms with Crippen LogP contribution in [-0.4, -0.2) is 60.3 Å². The number of amides is 2. The van der Waals surface area contributed by atoms with Crippen molar-refractivity contribution < 1.29 is 24.2 Å². The molecule has 0 fully saturated rings. The van der Waals surface area contributed by atoms with Crippen LogP contribution in [0, 0.1) is 5.41 Å². The summed E-state index contributed by atoms with van der Waals surface area (Å²) in [5.74, 6) is -1.85. The fraction of sp³-hybridized carbons (Fsp3) is 0.344. The van der Waals surface area contributed by atoms with Crippen LogP contribution in [0.2, 0.25) is 0 Å². The molecular weight excluding hydrogens is 506 g/mol. The minimum atomic E-state index is -1.14. The number of hydrogen-bond donors (Lipinski definition) is 3. The molecule has 0 radical (unpaired) electrons. The Morgan fingerprint density at radius 1 is 0.875 bits per heavy atom. The van der Waals surface area contributed by atoms with Crippen LogP contribution >= 0.6 is 0 Å². The average Bonchev–Trinajstić information content (AvgIpc) is 3.23. The maximum absolute atomic E-state index is 13.3. The van der Waals surface area contributed by atoms with Gasteiger partial charge in [-0.15, -0.1) is 0 Å². The van der Waals surface area contributed by atoms with Gasteiger partial charge in [-0.05, 0) is 40.3 Å². The van der Waals surface area contributed by atoms with E-state index in [0.717, 1.165) is 27.8 Å². The lowest BCUT2D eigenvalue weighted by Gasteiger charge is -2.30. The molecule has 1 aliphatic carbocycles. The molecule has 1 unspecified atom stereocenters. The van der Waals surface area contributed by atoms with Crippen LogP contribution < -0.4 is 10.6 Å². The summed E-state index contributed by atoms with van der Waals surface area (Å²) in [7, 11) is 1.84. The number of carboxylic acid groups (broad SMARTS) is 1. The second-order valence-electron chi connectivity index (χ2n) is 11.4. The van der Waals surface area contributed by atoms with Crippen LogP contribution in [0.5, 0.6) is 0 Å². The lowest BCUT2D eigenvalue weighted by molar-refractivity contribution is -0.145. The summed E-state index contributed by atoms with van der Waals surface area (Å²) < 4.78 is 5.68. The Morgan fingerprint density at radius 2 is 1.43 bits per heavy atom. The van der Waals surface area contributed by atoms with Crippen molar-refractivity contribution in [2.24, 2.45) is 5.41 Å². The summed E-state index contributed by atoms with van der Waals surface area (Å²) in [5, 5.41) is 15.0. The first kappa shape index (κ1) is 28.8. The zero-order chi connectivity index (χ0) is 28.9. The maximum Gasteiger partial charge on any atom is 0.407 e. The molecule has 0 spiro atoms. The molecule has 3 aromatic rings. The predicted molar refractivity (Wildman–Crippen MR) is 154 cm³/mol. The van der Waals surface area contributed by atoms with E-state index in [0.29, 0.717) is 6.54 Å². The van der Waals surface area contributed by atoms with Gasteiger partial charge in [-0.3, -0.25) is 9.69 Å². The quantitative estimate of drug-likeness (QED) is 0.344. The Labute approximate surface area is 235 Å². The van der Waals surface area contributed by atoms with Gasteiger partial charge in [-0.1, -0.05) is 99.6 Å². The third kappa shape index (κ3) is 6.87. The van der Waals surface area contributed by atoms with E-state index in [-0.39, 0.29) is 19.1 Å². The van der Waals surface area contributed by atoms with Gasteiger partial charge in [0.05, 0.1) is 0 Å². The smallest absolute Gasteiger partial charge is 0.407 e. The third-order valence-electron chi connectivity index (χ3n) is 7.14. The highest BCUT2D eigenvalue weighted by Gasteiger charge is 2.35. The van der Waals surface area contributed by atoms with Gasteiger partial charge < -0.3 is 20.5 Å². The highest BCUT2D eigenvalue weighted by atomic mass is 16.5. The molecule has 1 aliphatic rings. The first-order chi connectivity index (χ1) is 19.0. The Morgan fingerprint density at radius 3 is 1.98 bits per heavy atom. The van der Waals surface area contributed by atoms with Crippen LogP contribution in [0.15, 0.2) is 78.9 Å². The molecule has 8 nitrogen and oxygen atoms in total. The molecule has 210 valence electrons. The van der Waals surface area contributed by atoms with Gasteiger partial charge in [-0.2, -0.15) is 0 Å². The topological polar surface area (TPSA) is 108 Å². The Balaban J connectivity index is 1.47. The molecule has 3 N–H and O–H groups in total. The fourth-order valence-electron chi connectivity index (χ4n) is 5.14. The summed E-state index contributed by atoms with van der Waals surface area (Å²) in [6.45, 7) is 6.01. The van der Waals surface area contributed by atoms with Gasteiger partial charge in [-0.25, -0.2) is 9.59 Å². The maximum atomic E-state index is 13.3. The van der Waals surface area contributed by atoms with E-state index >= 15 is 0 Å². The number of carbonyl (C=O) groups is 3. The van der Waals surface area contributed by atoms with Crippen molar-refractivity contribution >= 4 is 18.0 Å². The minimum Gasteiger partial charge on any atom is -0.480 e. The fourth-order valence-corrected chi connectivity index (χ4v) is 5.14. The van der Waals surface area contributed by atoms with Crippen molar-refractivity contribution in [2.45, 2.75) is 45.3 Å². The van der Waals surface area contributed by atoms with E-state index in [2.05, 4.69) is 22.8 Å². The zero-order valence-corrected chi connectivity index (χ0v) is 23.4. The molecule has 40 heavy (non-hydrogen) atoms. The van der Waals surface area contributed by atoms with Gasteiger partial charge in [0.1, 0.15) is 18.7 Å². The van der Waals surface area contributed by atoms with E-state index in [1.807, 2.05) is 78.7 Å². The van der Waals surface area contributed by atoms with Crippen molar-refractivity contribution in [1.82, 2.24) is 15.5 Å². The number of carboxylic acids is 1. The molecule has 4 rings (SSSR count). The molecule has 2 amide bonds. The van der Waals surface area contributed by atoms with Crippen molar-refractivity contribution in [3.63, 3.8) is 0 Å². The van der Waals surface area contributed by atoms with Crippen LogP contribution in [0.25, 0.3) is 11.1 Å². The minimum absolute atomic E-state index is 0.105. The first-order valence-electron chi connectivity index (χ1n) is 13.4. The van der Waals surface area contributed by atoms with Crippen molar-refractivity contribution in [1.29, 1.82) is 0 Å². The summed E-state index contributed by atoms with van der Waals surface area (Å²) in [4.78, 5) is 40.2. The zero-order valence-electron chi connectivity index (χ0n) is 23.4. The van der Waals surface area contributed by atoms with Gasteiger partial charge in [0.15, 0.2) is 0 Å². The van der Waals surface area contributed by atoms with Crippen molar-refractivity contribution in [3.8, 4) is 11.1 Å². The molecular formula is C32H37N3O5. The monoisotopic (exact) mass is 543 g/mol. The second-order valence-corrected chi connectivity index (χ2v) is 11.4. The molecule has 0 saturated heterocycles. The molecule has 3 aromatic carbocycles. The Hall–Kier alpha value is -4.17. The third-order valence-corrected chi connectivity index (χ3v) is 7.14. The Bertz CT molecular complexity index is 1310. The normalized spacial score (nSPS) is 14.1. The molecule has 2 atom stereocenters. The molecule has 0 bridgehead atoms. The standard InChI is InChI=1S/C32H37N3O5/c1-32(2,3)28(30(37)38)34-29(36)27(19-35(4)18-21-12-6-5-7-13-21)33-31(39)40-20-26-24-16-10-8-14-22(24)23-15-9-11-17-25(23)26/h5-17,26-28H,18-20H2,1-4H3,(H,33,39)(H,34,36)(H,37,38)/t27?,28-/m0/s1. The average molecular weight is 544 g/mol. The summed E-state index contributed by atoms with van der Waals surface area (Å²) >= 11 is 0. The van der Waals surface area contributed by atoms with E-state index in [1.165, 1.54) is 0 Å². The summed E-state index contributed by atoms with van der Waals surface area (Å²) in [6, 6.07) is 23.7. The number of fused-ring (bicyclic) bond motifs is 3. The SMILES string of the molecule is CN(Cc1ccccc1)CC(NC(=O)OCC1c2ccccc2-c2ccccc21)C(=O)N[C@@H](C(=O)O)C(C)(C)C.